The number of hydrogen-bond acceptors (Lipinski definition) is 4. The smallest absolute Gasteiger partial charge is 0.245 e. The zero-order chi connectivity index (χ0) is 27.0. The largest absolute Gasteiger partial charge is 0.507 e. The van der Waals surface area contributed by atoms with Crippen LogP contribution in [0.2, 0.25) is 0 Å². The lowest BCUT2D eigenvalue weighted by molar-refractivity contribution is -0.125. The summed E-state index contributed by atoms with van der Waals surface area (Å²) < 4.78 is 0. The number of carbonyl (C=O) groups excluding carboxylic acids is 1. The van der Waals surface area contributed by atoms with Crippen molar-refractivity contribution in [1.82, 2.24) is 5.32 Å². The zero-order valence-electron chi connectivity index (χ0n) is 21.7. The highest BCUT2D eigenvalue weighted by Crippen LogP contribution is 2.35. The lowest BCUT2D eigenvalue weighted by Gasteiger charge is -2.38. The summed E-state index contributed by atoms with van der Waals surface area (Å²) in [6.45, 7) is 3.86. The highest BCUT2D eigenvalue weighted by molar-refractivity contribution is 5.88. The van der Waals surface area contributed by atoms with Gasteiger partial charge >= 0.3 is 0 Å². The topological polar surface area (TPSA) is 81.9 Å². The van der Waals surface area contributed by atoms with Crippen LogP contribution in [0, 0.1) is 5.92 Å². The number of benzene rings is 4. The van der Waals surface area contributed by atoms with Gasteiger partial charge in [0.05, 0.1) is 6.04 Å². The molecule has 0 aliphatic carbocycles. The molecule has 5 heteroatoms. The van der Waals surface area contributed by atoms with E-state index in [1.165, 1.54) is 6.21 Å². The number of para-hydroxylation sites is 1. The third-order valence-corrected chi connectivity index (χ3v) is 6.74. The van der Waals surface area contributed by atoms with Crippen molar-refractivity contribution in [3.05, 3.63) is 138 Å². The van der Waals surface area contributed by atoms with Crippen molar-refractivity contribution in [2.45, 2.75) is 38.0 Å². The van der Waals surface area contributed by atoms with Gasteiger partial charge in [0.15, 0.2) is 0 Å². The van der Waals surface area contributed by atoms with E-state index in [1.807, 2.05) is 105 Å². The van der Waals surface area contributed by atoms with Crippen molar-refractivity contribution in [1.29, 1.82) is 0 Å². The molecule has 5 nitrogen and oxygen atoms in total. The number of rotatable bonds is 10. The molecule has 0 aliphatic heterocycles. The Labute approximate surface area is 224 Å². The van der Waals surface area contributed by atoms with Gasteiger partial charge < -0.3 is 15.5 Å². The molecule has 4 aromatic carbocycles. The molecule has 194 valence electrons. The minimum atomic E-state index is -1.50. The summed E-state index contributed by atoms with van der Waals surface area (Å²) in [5.41, 5.74) is 1.40. The van der Waals surface area contributed by atoms with E-state index in [4.69, 9.17) is 0 Å². The number of carbonyl (C=O) groups is 1. The number of aromatic hydroxyl groups is 1. The number of nitrogens with one attached hydrogen (secondary N) is 1. The van der Waals surface area contributed by atoms with Crippen LogP contribution in [-0.4, -0.2) is 34.4 Å². The van der Waals surface area contributed by atoms with E-state index < -0.39 is 17.7 Å². The van der Waals surface area contributed by atoms with Gasteiger partial charge in [-0.1, -0.05) is 117 Å². The lowest BCUT2D eigenvalue weighted by Crippen LogP contribution is -2.55. The Morgan fingerprint density at radius 2 is 1.32 bits per heavy atom. The summed E-state index contributed by atoms with van der Waals surface area (Å²) in [6.07, 6.45) is 1.94. The monoisotopic (exact) mass is 506 g/mol. The van der Waals surface area contributed by atoms with E-state index in [9.17, 15) is 15.0 Å². The summed E-state index contributed by atoms with van der Waals surface area (Å²) in [5.74, 6) is -0.308. The third-order valence-electron chi connectivity index (χ3n) is 6.74. The van der Waals surface area contributed by atoms with E-state index in [0.29, 0.717) is 23.1 Å². The quantitative estimate of drug-likeness (QED) is 0.249. The molecular formula is C33H34N2O3. The summed E-state index contributed by atoms with van der Waals surface area (Å²) in [6, 6.07) is 34.2. The molecule has 0 bridgehead atoms. The number of aliphatic hydroxyl groups is 1. The highest BCUT2D eigenvalue weighted by atomic mass is 16.3. The number of amides is 1. The fourth-order valence-corrected chi connectivity index (χ4v) is 4.66. The molecule has 38 heavy (non-hydrogen) atoms. The standard InChI is InChI=1S/C33H34N2O3/c1-24(2)31(34-23-26-16-12-13-21-29(26)36)32(37)35-30(22-25-14-6-3-7-15-25)33(38,27-17-8-4-9-18-27)28-19-10-5-11-20-28/h3-21,23-24,30-31,36,38H,22H2,1-2H3,(H,35,37)/t30-,31-/m0/s1. The molecule has 4 rings (SSSR count). The Kier molecular flexibility index (Phi) is 8.72. The molecule has 0 unspecified atom stereocenters. The van der Waals surface area contributed by atoms with Gasteiger partial charge in [-0.15, -0.1) is 0 Å². The molecular weight excluding hydrogens is 472 g/mol. The van der Waals surface area contributed by atoms with Crippen molar-refractivity contribution in [2.75, 3.05) is 0 Å². The number of hydrogen-bond donors (Lipinski definition) is 3. The van der Waals surface area contributed by atoms with Gasteiger partial charge in [0, 0.05) is 11.8 Å². The molecule has 0 aromatic heterocycles. The van der Waals surface area contributed by atoms with Crippen molar-refractivity contribution in [3.8, 4) is 5.75 Å². The second kappa shape index (κ2) is 12.3. The molecule has 0 heterocycles. The van der Waals surface area contributed by atoms with Crippen LogP contribution in [-0.2, 0) is 16.8 Å². The Balaban J connectivity index is 1.74. The van der Waals surface area contributed by atoms with E-state index in [2.05, 4.69) is 10.3 Å². The molecule has 2 atom stereocenters. The molecule has 1 amide bonds. The number of aliphatic imine (C=N–C) groups is 1. The summed E-state index contributed by atoms with van der Waals surface area (Å²) in [4.78, 5) is 18.4. The van der Waals surface area contributed by atoms with Gasteiger partial charge in [-0.05, 0) is 41.2 Å². The fraction of sp³-hybridized carbons (Fsp3) is 0.212. The van der Waals surface area contributed by atoms with Crippen LogP contribution in [0.4, 0.5) is 0 Å². The molecule has 0 aliphatic rings. The van der Waals surface area contributed by atoms with Gasteiger partial charge in [0.2, 0.25) is 5.91 Å². The molecule has 0 radical (unpaired) electrons. The first-order chi connectivity index (χ1) is 18.4. The average Bonchev–Trinajstić information content (AvgIpc) is 2.94. The Hall–Kier alpha value is -4.22. The van der Waals surface area contributed by atoms with Crippen LogP contribution in [0.1, 0.15) is 36.1 Å². The van der Waals surface area contributed by atoms with E-state index in [-0.39, 0.29) is 17.6 Å². The van der Waals surface area contributed by atoms with E-state index in [0.717, 1.165) is 5.56 Å². The molecule has 4 aromatic rings. The Bertz CT molecular complexity index is 1300. The Morgan fingerprint density at radius 3 is 1.84 bits per heavy atom. The minimum Gasteiger partial charge on any atom is -0.507 e. The fourth-order valence-electron chi connectivity index (χ4n) is 4.66. The van der Waals surface area contributed by atoms with Crippen LogP contribution in [0.15, 0.2) is 120 Å². The predicted molar refractivity (Wildman–Crippen MR) is 152 cm³/mol. The van der Waals surface area contributed by atoms with Crippen molar-refractivity contribution >= 4 is 12.1 Å². The molecule has 0 saturated heterocycles. The second-order valence-electron chi connectivity index (χ2n) is 9.78. The summed E-state index contributed by atoms with van der Waals surface area (Å²) in [5, 5.41) is 25.8. The van der Waals surface area contributed by atoms with Crippen LogP contribution >= 0.6 is 0 Å². The number of phenols is 1. The summed E-state index contributed by atoms with van der Waals surface area (Å²) >= 11 is 0. The average molecular weight is 507 g/mol. The molecule has 0 spiro atoms. The zero-order valence-corrected chi connectivity index (χ0v) is 21.7. The van der Waals surface area contributed by atoms with Crippen molar-refractivity contribution < 1.29 is 15.0 Å². The highest BCUT2D eigenvalue weighted by Gasteiger charge is 2.42. The van der Waals surface area contributed by atoms with E-state index >= 15 is 0 Å². The van der Waals surface area contributed by atoms with Gasteiger partial charge in [-0.25, -0.2) is 0 Å². The second-order valence-corrected chi connectivity index (χ2v) is 9.78. The minimum absolute atomic E-state index is 0.101. The van der Waals surface area contributed by atoms with E-state index in [1.54, 1.807) is 24.3 Å². The molecule has 3 N–H and O–H groups in total. The van der Waals surface area contributed by atoms with Crippen molar-refractivity contribution in [2.24, 2.45) is 10.9 Å². The van der Waals surface area contributed by atoms with Crippen LogP contribution in [0.25, 0.3) is 0 Å². The molecule has 0 saturated carbocycles. The van der Waals surface area contributed by atoms with Gasteiger partial charge in [0.1, 0.15) is 17.4 Å². The third kappa shape index (κ3) is 6.18. The van der Waals surface area contributed by atoms with Crippen molar-refractivity contribution in [3.63, 3.8) is 0 Å². The predicted octanol–water partition coefficient (Wildman–Crippen LogP) is 5.50. The summed E-state index contributed by atoms with van der Waals surface area (Å²) in [7, 11) is 0. The van der Waals surface area contributed by atoms with Crippen LogP contribution in [0.3, 0.4) is 0 Å². The maximum absolute atomic E-state index is 13.8. The van der Waals surface area contributed by atoms with Crippen LogP contribution < -0.4 is 5.32 Å². The lowest BCUT2D eigenvalue weighted by atomic mass is 9.77. The van der Waals surface area contributed by atoms with Gasteiger partial charge in [-0.3, -0.25) is 9.79 Å². The first kappa shape index (κ1) is 26.8. The first-order valence-electron chi connectivity index (χ1n) is 12.9. The van der Waals surface area contributed by atoms with Gasteiger partial charge in [0.25, 0.3) is 0 Å². The maximum Gasteiger partial charge on any atom is 0.245 e. The molecule has 0 fully saturated rings. The first-order valence-corrected chi connectivity index (χ1v) is 12.9. The van der Waals surface area contributed by atoms with Gasteiger partial charge in [-0.2, -0.15) is 0 Å². The number of phenolic OH excluding ortho intramolecular Hbond substituents is 1. The number of nitrogens with zero attached hydrogens (tertiary/aromatic N) is 1. The maximum atomic E-state index is 13.8. The Morgan fingerprint density at radius 1 is 0.816 bits per heavy atom. The SMILES string of the molecule is CC(C)[C@H](N=Cc1ccccc1O)C(=O)N[C@@H](Cc1ccccc1)C(O)(c1ccccc1)c1ccccc1. The normalized spacial score (nSPS) is 13.4. The van der Waals surface area contributed by atoms with Crippen LogP contribution in [0.5, 0.6) is 5.75 Å².